The lowest BCUT2D eigenvalue weighted by Crippen LogP contribution is -2.19. The fourth-order valence-electron chi connectivity index (χ4n) is 2.31. The Labute approximate surface area is 176 Å². The molecule has 8 nitrogen and oxygen atoms in total. The number of benzene rings is 2. The number of nitrogens with one attached hydrogen (secondary N) is 1. The van der Waals surface area contributed by atoms with Gasteiger partial charge in [-0.25, -0.2) is 5.43 Å². The van der Waals surface area contributed by atoms with Crippen molar-refractivity contribution < 1.29 is 9.72 Å². The summed E-state index contributed by atoms with van der Waals surface area (Å²) in [6.07, 6.45) is 3.12. The number of nitro benzene ring substituents is 1. The number of carbonyl (C=O) groups is 1. The number of nitrogens with zero attached hydrogens (tertiary/aromatic N) is 4. The highest BCUT2D eigenvalue weighted by Gasteiger charge is 2.15. The van der Waals surface area contributed by atoms with E-state index in [1.54, 1.807) is 10.9 Å². The Morgan fingerprint density at radius 2 is 1.86 bits per heavy atom. The van der Waals surface area contributed by atoms with Crippen LogP contribution in [0.15, 0.2) is 68.8 Å². The Balaban J connectivity index is 1.63. The van der Waals surface area contributed by atoms with E-state index in [0.717, 1.165) is 10.0 Å². The second kappa shape index (κ2) is 8.89. The van der Waals surface area contributed by atoms with E-state index in [9.17, 15) is 14.9 Å². The van der Waals surface area contributed by atoms with Gasteiger partial charge in [-0.15, -0.1) is 0 Å². The second-order valence-electron chi connectivity index (χ2n) is 5.70. The van der Waals surface area contributed by atoms with Gasteiger partial charge in [-0.3, -0.25) is 19.6 Å². The molecule has 0 saturated heterocycles. The molecule has 0 bridgehead atoms. The number of hydrazone groups is 1. The first kappa shape index (κ1) is 19.9. The zero-order valence-electron chi connectivity index (χ0n) is 14.3. The molecule has 142 valence electrons. The maximum atomic E-state index is 12.3. The number of rotatable bonds is 6. The molecule has 1 amide bonds. The van der Waals surface area contributed by atoms with Crippen molar-refractivity contribution in [2.75, 3.05) is 0 Å². The van der Waals surface area contributed by atoms with E-state index in [1.807, 2.05) is 24.3 Å². The van der Waals surface area contributed by atoms with E-state index < -0.39 is 10.8 Å². The summed E-state index contributed by atoms with van der Waals surface area (Å²) >= 11 is 6.72. The SMILES string of the molecule is O=C(N/N=C\c1ccc([N+](=O)[O-])cc1)c1nn(Cc2ccc(Br)cc2)cc1Br. The van der Waals surface area contributed by atoms with Crippen molar-refractivity contribution in [3.8, 4) is 0 Å². The van der Waals surface area contributed by atoms with Crippen LogP contribution in [0.1, 0.15) is 21.6 Å². The molecule has 3 aromatic rings. The van der Waals surface area contributed by atoms with Crippen molar-refractivity contribution in [1.29, 1.82) is 0 Å². The first-order valence-electron chi connectivity index (χ1n) is 7.97. The van der Waals surface area contributed by atoms with Gasteiger partial charge in [0.25, 0.3) is 11.6 Å². The third-order valence-electron chi connectivity index (χ3n) is 3.67. The van der Waals surface area contributed by atoms with Crippen molar-refractivity contribution in [2.24, 2.45) is 5.10 Å². The maximum absolute atomic E-state index is 12.3. The molecule has 0 aliphatic rings. The van der Waals surface area contributed by atoms with Gasteiger partial charge in [0.1, 0.15) is 0 Å². The van der Waals surface area contributed by atoms with Crippen LogP contribution in [-0.2, 0) is 6.54 Å². The minimum absolute atomic E-state index is 0.0126. The molecule has 10 heteroatoms. The molecule has 3 rings (SSSR count). The quantitative estimate of drug-likeness (QED) is 0.308. The maximum Gasteiger partial charge on any atom is 0.293 e. The first-order valence-corrected chi connectivity index (χ1v) is 9.56. The highest BCUT2D eigenvalue weighted by molar-refractivity contribution is 9.10. The lowest BCUT2D eigenvalue weighted by Gasteiger charge is -2.02. The minimum atomic E-state index is -0.481. The van der Waals surface area contributed by atoms with Gasteiger partial charge in [-0.2, -0.15) is 10.2 Å². The minimum Gasteiger partial charge on any atom is -0.266 e. The highest BCUT2D eigenvalue weighted by Crippen LogP contribution is 2.17. The molecule has 1 aromatic heterocycles. The lowest BCUT2D eigenvalue weighted by atomic mass is 10.2. The van der Waals surface area contributed by atoms with Crippen molar-refractivity contribution in [3.05, 3.63) is 90.6 Å². The summed E-state index contributed by atoms with van der Waals surface area (Å²) in [5, 5.41) is 18.8. The summed E-state index contributed by atoms with van der Waals surface area (Å²) in [7, 11) is 0. The van der Waals surface area contributed by atoms with Gasteiger partial charge in [0.05, 0.1) is 22.2 Å². The van der Waals surface area contributed by atoms with Crippen LogP contribution in [-0.4, -0.2) is 26.8 Å². The van der Waals surface area contributed by atoms with Crippen LogP contribution < -0.4 is 5.43 Å². The molecule has 0 aliphatic heterocycles. The monoisotopic (exact) mass is 505 g/mol. The smallest absolute Gasteiger partial charge is 0.266 e. The Morgan fingerprint density at radius 3 is 2.50 bits per heavy atom. The molecule has 1 N–H and O–H groups in total. The molecule has 2 aromatic carbocycles. The zero-order valence-corrected chi connectivity index (χ0v) is 17.4. The second-order valence-corrected chi connectivity index (χ2v) is 7.47. The molecule has 0 aliphatic carbocycles. The Hall–Kier alpha value is -2.85. The normalized spacial score (nSPS) is 10.9. The van der Waals surface area contributed by atoms with Crippen LogP contribution in [0.2, 0.25) is 0 Å². The number of non-ortho nitro benzene ring substituents is 1. The van der Waals surface area contributed by atoms with Gasteiger partial charge in [-0.05, 0) is 51.3 Å². The van der Waals surface area contributed by atoms with Crippen molar-refractivity contribution in [1.82, 2.24) is 15.2 Å². The van der Waals surface area contributed by atoms with Crippen LogP contribution in [0.25, 0.3) is 0 Å². The molecular formula is C18H13Br2N5O3. The molecule has 1 heterocycles. The summed E-state index contributed by atoms with van der Waals surface area (Å²) in [5.41, 5.74) is 4.25. The van der Waals surface area contributed by atoms with Gasteiger partial charge >= 0.3 is 0 Å². The molecule has 0 spiro atoms. The topological polar surface area (TPSA) is 102 Å². The number of hydrogen-bond donors (Lipinski definition) is 1. The van der Waals surface area contributed by atoms with Gasteiger partial charge in [0.15, 0.2) is 5.69 Å². The van der Waals surface area contributed by atoms with Crippen LogP contribution in [0.4, 0.5) is 5.69 Å². The van der Waals surface area contributed by atoms with E-state index in [2.05, 4.69) is 47.5 Å². The van der Waals surface area contributed by atoms with E-state index in [1.165, 1.54) is 30.5 Å². The molecule has 0 fully saturated rings. The Kier molecular flexibility index (Phi) is 6.32. The van der Waals surface area contributed by atoms with E-state index in [4.69, 9.17) is 0 Å². The van der Waals surface area contributed by atoms with E-state index >= 15 is 0 Å². The van der Waals surface area contributed by atoms with Gasteiger partial charge in [0.2, 0.25) is 0 Å². The first-order chi connectivity index (χ1) is 13.4. The number of halogens is 2. The van der Waals surface area contributed by atoms with Gasteiger partial charge in [0, 0.05) is 22.8 Å². The summed E-state index contributed by atoms with van der Waals surface area (Å²) in [6.45, 7) is 0.519. The van der Waals surface area contributed by atoms with Crippen LogP contribution in [0.3, 0.4) is 0 Å². The molecular weight excluding hydrogens is 494 g/mol. The Bertz CT molecular complexity index is 1030. The number of aromatic nitrogens is 2. The van der Waals surface area contributed by atoms with Gasteiger partial charge < -0.3 is 0 Å². The summed E-state index contributed by atoms with van der Waals surface area (Å²) in [4.78, 5) is 22.4. The Morgan fingerprint density at radius 1 is 1.18 bits per heavy atom. The number of amides is 1. The average Bonchev–Trinajstić information content (AvgIpc) is 3.04. The van der Waals surface area contributed by atoms with E-state index in [0.29, 0.717) is 16.6 Å². The molecule has 0 radical (unpaired) electrons. The molecule has 0 atom stereocenters. The zero-order chi connectivity index (χ0) is 20.1. The number of hydrogen-bond acceptors (Lipinski definition) is 5. The lowest BCUT2D eigenvalue weighted by molar-refractivity contribution is -0.384. The predicted octanol–water partition coefficient (Wildman–Crippen LogP) is 4.13. The van der Waals surface area contributed by atoms with Crippen molar-refractivity contribution >= 4 is 49.7 Å². The fraction of sp³-hybridized carbons (Fsp3) is 0.0556. The fourth-order valence-corrected chi connectivity index (χ4v) is 3.07. The van der Waals surface area contributed by atoms with Gasteiger partial charge in [-0.1, -0.05) is 28.1 Å². The standard InChI is InChI=1S/C18H13Br2N5O3/c19-14-5-1-13(2-6-14)10-24-11-16(20)17(23-24)18(26)22-21-9-12-3-7-15(8-4-12)25(27)28/h1-9,11H,10H2,(H,22,26)/b21-9-. The van der Waals surface area contributed by atoms with Crippen LogP contribution >= 0.6 is 31.9 Å². The largest absolute Gasteiger partial charge is 0.293 e. The van der Waals surface area contributed by atoms with Crippen LogP contribution in [0.5, 0.6) is 0 Å². The summed E-state index contributed by atoms with van der Waals surface area (Å²) < 4.78 is 3.19. The predicted molar refractivity (Wildman–Crippen MR) is 111 cm³/mol. The van der Waals surface area contributed by atoms with Crippen LogP contribution in [0, 0.1) is 10.1 Å². The average molecular weight is 507 g/mol. The third-order valence-corrected chi connectivity index (χ3v) is 4.78. The summed E-state index contributed by atoms with van der Waals surface area (Å²) in [6, 6.07) is 13.6. The third kappa shape index (κ3) is 5.11. The highest BCUT2D eigenvalue weighted by atomic mass is 79.9. The van der Waals surface area contributed by atoms with E-state index in [-0.39, 0.29) is 11.4 Å². The van der Waals surface area contributed by atoms with Crippen molar-refractivity contribution in [2.45, 2.75) is 6.54 Å². The number of nitro groups is 1. The molecule has 0 saturated carbocycles. The van der Waals surface area contributed by atoms with Crippen molar-refractivity contribution in [3.63, 3.8) is 0 Å². The number of carbonyl (C=O) groups excluding carboxylic acids is 1. The summed E-state index contributed by atoms with van der Waals surface area (Å²) in [5.74, 6) is -0.473. The molecule has 0 unspecified atom stereocenters. The molecule has 28 heavy (non-hydrogen) atoms.